The maximum atomic E-state index is 12.3. The van der Waals surface area contributed by atoms with E-state index in [1.165, 1.54) is 11.3 Å². The van der Waals surface area contributed by atoms with Gasteiger partial charge in [0.2, 0.25) is 5.91 Å². The highest BCUT2D eigenvalue weighted by Gasteiger charge is 2.36. The van der Waals surface area contributed by atoms with Crippen LogP contribution in [0, 0.1) is 11.8 Å². The van der Waals surface area contributed by atoms with Gasteiger partial charge in [-0.3, -0.25) is 25.2 Å². The average Bonchev–Trinajstić information content (AvgIpc) is 2.96. The molecule has 0 radical (unpaired) electrons. The molecular formula is C17H17ClN2O4S. The number of benzene rings is 1. The number of carbonyl (C=O) groups excluding carboxylic acids is 2. The molecule has 25 heavy (non-hydrogen) atoms. The summed E-state index contributed by atoms with van der Waals surface area (Å²) in [7, 11) is 0. The molecule has 132 valence electrons. The van der Waals surface area contributed by atoms with Crippen molar-refractivity contribution in [2.45, 2.75) is 25.7 Å². The van der Waals surface area contributed by atoms with Gasteiger partial charge in [-0.1, -0.05) is 42.6 Å². The first kappa shape index (κ1) is 17.7. The molecule has 1 aliphatic rings. The van der Waals surface area contributed by atoms with E-state index in [1.54, 1.807) is 0 Å². The molecule has 1 aliphatic carbocycles. The Bertz CT molecular complexity index is 835. The van der Waals surface area contributed by atoms with Crippen LogP contribution >= 0.6 is 22.9 Å². The van der Waals surface area contributed by atoms with Crippen LogP contribution in [0.3, 0.4) is 0 Å². The summed E-state index contributed by atoms with van der Waals surface area (Å²) in [5.74, 6) is -3.30. The number of nitrogens with one attached hydrogen (secondary N) is 2. The van der Waals surface area contributed by atoms with Gasteiger partial charge in [-0.15, -0.1) is 11.3 Å². The molecule has 0 aliphatic heterocycles. The van der Waals surface area contributed by atoms with Crippen molar-refractivity contribution in [1.82, 2.24) is 10.9 Å². The zero-order valence-electron chi connectivity index (χ0n) is 13.3. The maximum absolute atomic E-state index is 12.3. The van der Waals surface area contributed by atoms with Crippen molar-refractivity contribution in [3.63, 3.8) is 0 Å². The third-order valence-electron chi connectivity index (χ3n) is 4.46. The number of hydrogen-bond acceptors (Lipinski definition) is 4. The predicted molar refractivity (Wildman–Crippen MR) is 95.5 cm³/mol. The van der Waals surface area contributed by atoms with E-state index < -0.39 is 29.6 Å². The number of carbonyl (C=O) groups is 3. The van der Waals surface area contributed by atoms with Crippen LogP contribution in [-0.4, -0.2) is 22.9 Å². The van der Waals surface area contributed by atoms with E-state index in [4.69, 9.17) is 11.6 Å². The first-order valence-electron chi connectivity index (χ1n) is 7.99. The number of carboxylic acid groups (broad SMARTS) is 1. The summed E-state index contributed by atoms with van der Waals surface area (Å²) in [5.41, 5.74) is 4.71. The Labute approximate surface area is 153 Å². The number of thiophene rings is 1. The molecule has 0 bridgehead atoms. The Balaban J connectivity index is 1.67. The quantitative estimate of drug-likeness (QED) is 0.712. The normalized spacial score (nSPS) is 20.2. The highest BCUT2D eigenvalue weighted by atomic mass is 35.5. The smallest absolute Gasteiger partial charge is 0.307 e. The summed E-state index contributed by atoms with van der Waals surface area (Å²) in [6.07, 6.45) is 2.58. The standard InChI is InChI=1S/C17H17ClN2O4S/c18-13-11-7-3-4-8-12(11)25-14(13)16(22)20-19-15(21)9-5-1-2-6-10(9)17(23)24/h3-4,7-10H,1-2,5-6H2,(H,19,21)(H,20,22)(H,23,24)/t9-,10+/m1/s1. The molecule has 2 atom stereocenters. The highest BCUT2D eigenvalue weighted by molar-refractivity contribution is 7.21. The van der Waals surface area contributed by atoms with Crippen LogP contribution in [0.5, 0.6) is 0 Å². The summed E-state index contributed by atoms with van der Waals surface area (Å²) in [6, 6.07) is 7.37. The minimum absolute atomic E-state index is 0.307. The van der Waals surface area contributed by atoms with Crippen LogP contribution in [0.1, 0.15) is 35.4 Å². The SMILES string of the molecule is O=C(NNC(=O)[C@@H]1CCCC[C@@H]1C(=O)O)c1sc2ccccc2c1Cl. The number of hydrazine groups is 1. The van der Waals surface area contributed by atoms with Crippen LogP contribution in [-0.2, 0) is 9.59 Å². The third kappa shape index (κ3) is 3.62. The molecule has 2 amide bonds. The van der Waals surface area contributed by atoms with Gasteiger partial charge in [0.05, 0.1) is 16.9 Å². The number of amides is 2. The summed E-state index contributed by atoms with van der Waals surface area (Å²) in [6.45, 7) is 0. The van der Waals surface area contributed by atoms with Crippen LogP contribution < -0.4 is 10.9 Å². The van der Waals surface area contributed by atoms with E-state index in [2.05, 4.69) is 10.9 Å². The lowest BCUT2D eigenvalue weighted by Gasteiger charge is -2.27. The van der Waals surface area contributed by atoms with E-state index in [-0.39, 0.29) is 0 Å². The molecule has 2 aromatic rings. The second kappa shape index (κ2) is 7.41. The maximum Gasteiger partial charge on any atom is 0.307 e. The monoisotopic (exact) mass is 380 g/mol. The molecule has 6 nitrogen and oxygen atoms in total. The summed E-state index contributed by atoms with van der Waals surface area (Å²) in [4.78, 5) is 36.2. The second-order valence-corrected chi connectivity index (χ2v) is 7.45. The summed E-state index contributed by atoms with van der Waals surface area (Å²) < 4.78 is 0.877. The minimum Gasteiger partial charge on any atom is -0.481 e. The van der Waals surface area contributed by atoms with Gasteiger partial charge in [-0.05, 0) is 18.9 Å². The van der Waals surface area contributed by atoms with Gasteiger partial charge in [-0.2, -0.15) is 0 Å². The highest BCUT2D eigenvalue weighted by Crippen LogP contribution is 2.35. The van der Waals surface area contributed by atoms with Crippen molar-refractivity contribution in [3.05, 3.63) is 34.2 Å². The van der Waals surface area contributed by atoms with E-state index in [9.17, 15) is 19.5 Å². The van der Waals surface area contributed by atoms with Gasteiger partial charge in [0, 0.05) is 10.1 Å². The van der Waals surface area contributed by atoms with Gasteiger partial charge in [0.25, 0.3) is 5.91 Å². The fraction of sp³-hybridized carbons (Fsp3) is 0.353. The second-order valence-electron chi connectivity index (χ2n) is 6.02. The number of carboxylic acids is 1. The molecule has 1 aromatic heterocycles. The molecule has 3 rings (SSSR count). The fourth-order valence-corrected chi connectivity index (χ4v) is 4.58. The molecule has 0 spiro atoms. The minimum atomic E-state index is -0.973. The molecule has 0 unspecified atom stereocenters. The first-order valence-corrected chi connectivity index (χ1v) is 9.18. The largest absolute Gasteiger partial charge is 0.481 e. The van der Waals surface area contributed by atoms with Crippen LogP contribution in [0.15, 0.2) is 24.3 Å². The van der Waals surface area contributed by atoms with Crippen molar-refractivity contribution in [1.29, 1.82) is 0 Å². The molecule has 1 heterocycles. The van der Waals surface area contributed by atoms with Gasteiger partial charge in [-0.25, -0.2) is 0 Å². The summed E-state index contributed by atoms with van der Waals surface area (Å²) >= 11 is 7.48. The third-order valence-corrected chi connectivity index (χ3v) is 6.13. The van der Waals surface area contributed by atoms with Gasteiger partial charge < -0.3 is 5.11 Å². The number of halogens is 1. The number of rotatable bonds is 3. The Morgan fingerprint density at radius 2 is 1.76 bits per heavy atom. The Morgan fingerprint density at radius 3 is 2.44 bits per heavy atom. The molecule has 3 N–H and O–H groups in total. The number of fused-ring (bicyclic) bond motifs is 1. The Kier molecular flexibility index (Phi) is 5.24. The van der Waals surface area contributed by atoms with Gasteiger partial charge in [0.1, 0.15) is 4.88 Å². The Morgan fingerprint density at radius 1 is 1.08 bits per heavy atom. The van der Waals surface area contributed by atoms with Crippen LogP contribution in [0.2, 0.25) is 5.02 Å². The van der Waals surface area contributed by atoms with Crippen molar-refractivity contribution in [2.75, 3.05) is 0 Å². The lowest BCUT2D eigenvalue weighted by molar-refractivity contribution is -0.149. The topological polar surface area (TPSA) is 95.5 Å². The zero-order valence-corrected chi connectivity index (χ0v) is 14.8. The fourth-order valence-electron chi connectivity index (χ4n) is 3.17. The van der Waals surface area contributed by atoms with Gasteiger partial charge in [0.15, 0.2) is 0 Å². The molecule has 0 saturated heterocycles. The lowest BCUT2D eigenvalue weighted by atomic mass is 9.79. The number of aliphatic carboxylic acids is 1. The van der Waals surface area contributed by atoms with Crippen molar-refractivity contribution in [2.24, 2.45) is 11.8 Å². The lowest BCUT2D eigenvalue weighted by Crippen LogP contribution is -2.47. The predicted octanol–water partition coefficient (Wildman–Crippen LogP) is 3.21. The Hall–Kier alpha value is -2.12. The van der Waals surface area contributed by atoms with Gasteiger partial charge >= 0.3 is 5.97 Å². The van der Waals surface area contributed by atoms with E-state index >= 15 is 0 Å². The average molecular weight is 381 g/mol. The molecule has 8 heteroatoms. The summed E-state index contributed by atoms with van der Waals surface area (Å²) in [5, 5.41) is 10.4. The number of hydrogen-bond donors (Lipinski definition) is 3. The first-order chi connectivity index (χ1) is 12.0. The van der Waals surface area contributed by atoms with E-state index in [1.807, 2.05) is 24.3 Å². The molecule has 1 saturated carbocycles. The van der Waals surface area contributed by atoms with Crippen LogP contribution in [0.4, 0.5) is 0 Å². The van der Waals surface area contributed by atoms with E-state index in [0.29, 0.717) is 22.7 Å². The van der Waals surface area contributed by atoms with Crippen LogP contribution in [0.25, 0.3) is 10.1 Å². The zero-order chi connectivity index (χ0) is 18.0. The van der Waals surface area contributed by atoms with Crippen molar-refractivity contribution < 1.29 is 19.5 Å². The molecule has 1 fully saturated rings. The van der Waals surface area contributed by atoms with E-state index in [0.717, 1.165) is 22.9 Å². The molecule has 1 aromatic carbocycles. The van der Waals surface area contributed by atoms with Crippen molar-refractivity contribution in [3.8, 4) is 0 Å². The van der Waals surface area contributed by atoms with Crippen molar-refractivity contribution >= 4 is 50.8 Å². The molecular weight excluding hydrogens is 364 g/mol.